The lowest BCUT2D eigenvalue weighted by molar-refractivity contribution is -0.327. The first-order valence-electron chi connectivity index (χ1n) is 14.1. The van der Waals surface area contributed by atoms with E-state index in [1.807, 2.05) is 57.2 Å². The van der Waals surface area contributed by atoms with Gasteiger partial charge in [-0.3, -0.25) is 4.79 Å². The summed E-state index contributed by atoms with van der Waals surface area (Å²) < 4.78 is 25.1. The Morgan fingerprint density at radius 3 is 2.17 bits per heavy atom. The monoisotopic (exact) mass is 562 g/mol. The second-order valence-corrected chi connectivity index (χ2v) is 12.3. The van der Waals surface area contributed by atoms with Gasteiger partial charge in [0.2, 0.25) is 0 Å². The Bertz CT molecular complexity index is 1330. The van der Waals surface area contributed by atoms with Gasteiger partial charge in [0.05, 0.1) is 22.2 Å². The van der Waals surface area contributed by atoms with E-state index in [4.69, 9.17) is 18.9 Å². The van der Waals surface area contributed by atoms with Gasteiger partial charge < -0.3 is 24.1 Å². The van der Waals surface area contributed by atoms with Crippen LogP contribution in [0.5, 0.6) is 0 Å². The number of hydrogen-bond donors (Lipinski definition) is 1. The highest BCUT2D eigenvalue weighted by Gasteiger charge is 2.82. The van der Waals surface area contributed by atoms with E-state index in [0.29, 0.717) is 5.56 Å². The topological polar surface area (TPSA) is 108 Å². The van der Waals surface area contributed by atoms with Crippen LogP contribution in [0.4, 0.5) is 0 Å². The molecule has 0 unspecified atom stereocenters. The maximum Gasteiger partial charge on any atom is 0.338 e. The Labute approximate surface area is 240 Å². The second kappa shape index (κ2) is 10.4. The van der Waals surface area contributed by atoms with Crippen LogP contribution in [0.1, 0.15) is 69.8 Å². The molecule has 1 heterocycles. The van der Waals surface area contributed by atoms with Crippen molar-refractivity contribution in [1.29, 1.82) is 0 Å². The molecule has 2 aromatic carbocycles. The molecule has 3 aliphatic rings. The van der Waals surface area contributed by atoms with Crippen molar-refractivity contribution in [2.45, 2.75) is 89.0 Å². The van der Waals surface area contributed by atoms with Gasteiger partial charge in [-0.2, -0.15) is 0 Å². The molecule has 3 fully saturated rings. The predicted octanol–water partition coefficient (Wildman–Crippen LogP) is 4.89. The Hall–Kier alpha value is -3.49. The molecular formula is C33H38O8. The molecule has 218 valence electrons. The van der Waals surface area contributed by atoms with Crippen molar-refractivity contribution in [3.63, 3.8) is 0 Å². The minimum Gasteiger partial charge on any atom is -0.459 e. The first kappa shape index (κ1) is 29.0. The van der Waals surface area contributed by atoms with E-state index >= 15 is 0 Å². The van der Waals surface area contributed by atoms with Crippen molar-refractivity contribution in [3.05, 3.63) is 77.9 Å². The molecular weight excluding hydrogens is 524 g/mol. The van der Waals surface area contributed by atoms with Gasteiger partial charge in [-0.25, -0.2) is 9.59 Å². The standard InChI is InChI=1S/C33H38O8/c1-21(34)38-28-24-20-26(40-29(36)23-14-10-7-11-15-23)32(5)25(39-27(35)17-16-22-12-8-6-9-13-22)18-19-31(4,37)33(28,32)41-30(24,2)3/h6-17,24-26,28,37H,18-20H2,1-5H3/t24-,25+,26+,28-,31+,32+,33+/m1/s1. The van der Waals surface area contributed by atoms with E-state index in [0.717, 1.165) is 5.56 Å². The Morgan fingerprint density at radius 1 is 0.902 bits per heavy atom. The van der Waals surface area contributed by atoms with Crippen LogP contribution >= 0.6 is 0 Å². The number of hydrogen-bond acceptors (Lipinski definition) is 8. The molecule has 2 aromatic rings. The summed E-state index contributed by atoms with van der Waals surface area (Å²) in [5, 5.41) is 12.1. The van der Waals surface area contributed by atoms with Crippen molar-refractivity contribution in [3.8, 4) is 0 Å². The quantitative estimate of drug-likeness (QED) is 0.301. The third-order valence-corrected chi connectivity index (χ3v) is 9.40. The highest BCUT2D eigenvalue weighted by Crippen LogP contribution is 2.68. The molecule has 1 N–H and O–H groups in total. The maximum absolute atomic E-state index is 13.4. The van der Waals surface area contributed by atoms with Gasteiger partial charge in [-0.1, -0.05) is 48.5 Å². The van der Waals surface area contributed by atoms with E-state index in [-0.39, 0.29) is 19.3 Å². The van der Waals surface area contributed by atoms with E-state index in [2.05, 4.69) is 0 Å². The molecule has 8 heteroatoms. The number of fused-ring (bicyclic) bond motifs is 1. The average molecular weight is 563 g/mol. The van der Waals surface area contributed by atoms with Gasteiger partial charge in [0.15, 0.2) is 0 Å². The molecule has 0 radical (unpaired) electrons. The lowest BCUT2D eigenvalue weighted by Crippen LogP contribution is -2.79. The third kappa shape index (κ3) is 4.77. The summed E-state index contributed by atoms with van der Waals surface area (Å²) in [6.45, 7) is 8.58. The minimum atomic E-state index is -1.54. The molecule has 2 saturated carbocycles. The molecule has 7 atom stereocenters. The Kier molecular flexibility index (Phi) is 7.37. The molecule has 2 aliphatic carbocycles. The zero-order chi connectivity index (χ0) is 29.6. The predicted molar refractivity (Wildman–Crippen MR) is 151 cm³/mol. The van der Waals surface area contributed by atoms with E-state index in [1.54, 1.807) is 37.3 Å². The largest absolute Gasteiger partial charge is 0.459 e. The van der Waals surface area contributed by atoms with Crippen LogP contribution in [0.25, 0.3) is 6.08 Å². The molecule has 1 aliphatic heterocycles. The fourth-order valence-electron chi connectivity index (χ4n) is 7.45. The number of benzene rings is 2. The SMILES string of the molecule is CC(=O)O[C@@H]1[C@H]2C[C@H](OC(=O)c3ccccc3)[C@]3(C)[C@@H](OC(=O)C=Cc4ccccc4)CC[C@](C)(O)[C@@]13OC2(C)C. The summed E-state index contributed by atoms with van der Waals surface area (Å²) in [4.78, 5) is 39.0. The van der Waals surface area contributed by atoms with Gasteiger partial charge in [-0.15, -0.1) is 0 Å². The first-order chi connectivity index (χ1) is 19.3. The van der Waals surface area contributed by atoms with Crippen LogP contribution in [-0.2, 0) is 28.5 Å². The highest BCUT2D eigenvalue weighted by molar-refractivity contribution is 5.89. The fourth-order valence-corrected chi connectivity index (χ4v) is 7.45. The molecule has 0 aromatic heterocycles. The van der Waals surface area contributed by atoms with Gasteiger partial charge in [0.1, 0.15) is 23.9 Å². The summed E-state index contributed by atoms with van der Waals surface area (Å²) in [6.07, 6.45) is 1.31. The third-order valence-electron chi connectivity index (χ3n) is 9.40. The molecule has 5 rings (SSSR count). The van der Waals surface area contributed by atoms with Crippen molar-refractivity contribution < 1.29 is 38.4 Å². The van der Waals surface area contributed by atoms with Crippen molar-refractivity contribution in [1.82, 2.24) is 0 Å². The van der Waals surface area contributed by atoms with Gasteiger partial charge >= 0.3 is 17.9 Å². The van der Waals surface area contributed by atoms with Crippen LogP contribution in [0.2, 0.25) is 0 Å². The molecule has 41 heavy (non-hydrogen) atoms. The summed E-state index contributed by atoms with van der Waals surface area (Å²) >= 11 is 0. The summed E-state index contributed by atoms with van der Waals surface area (Å²) in [7, 11) is 0. The van der Waals surface area contributed by atoms with Crippen LogP contribution in [0.15, 0.2) is 66.7 Å². The van der Waals surface area contributed by atoms with Crippen LogP contribution < -0.4 is 0 Å². The lowest BCUT2D eigenvalue weighted by Gasteiger charge is -2.64. The van der Waals surface area contributed by atoms with Crippen LogP contribution in [0, 0.1) is 11.3 Å². The summed E-state index contributed by atoms with van der Waals surface area (Å²) in [6, 6.07) is 18.0. The Morgan fingerprint density at radius 2 is 1.54 bits per heavy atom. The molecule has 1 spiro atoms. The zero-order valence-corrected chi connectivity index (χ0v) is 24.2. The molecule has 8 nitrogen and oxygen atoms in total. The number of ether oxygens (including phenoxy) is 4. The summed E-state index contributed by atoms with van der Waals surface area (Å²) in [5.74, 6) is -2.02. The smallest absolute Gasteiger partial charge is 0.338 e. The van der Waals surface area contributed by atoms with Crippen LogP contribution in [0.3, 0.4) is 0 Å². The van der Waals surface area contributed by atoms with Gasteiger partial charge in [0, 0.05) is 18.9 Å². The van der Waals surface area contributed by atoms with Crippen molar-refractivity contribution >= 4 is 24.0 Å². The number of aliphatic hydroxyl groups is 1. The maximum atomic E-state index is 13.4. The van der Waals surface area contributed by atoms with Gasteiger partial charge in [-0.05, 0) is 70.7 Å². The number of rotatable bonds is 6. The summed E-state index contributed by atoms with van der Waals surface area (Å²) in [5.41, 5.74) is -3.95. The number of carbonyl (C=O) groups is 3. The second-order valence-electron chi connectivity index (χ2n) is 12.3. The van der Waals surface area contributed by atoms with E-state index in [1.165, 1.54) is 13.0 Å². The van der Waals surface area contributed by atoms with E-state index in [9.17, 15) is 19.5 Å². The van der Waals surface area contributed by atoms with E-state index < -0.39 is 64.4 Å². The van der Waals surface area contributed by atoms with Crippen LogP contribution in [-0.4, -0.2) is 58.1 Å². The first-order valence-corrected chi connectivity index (χ1v) is 14.1. The highest BCUT2D eigenvalue weighted by atomic mass is 16.6. The Balaban J connectivity index is 1.58. The normalized spacial score (nSPS) is 35.4. The average Bonchev–Trinajstić information content (AvgIpc) is 3.11. The zero-order valence-electron chi connectivity index (χ0n) is 24.2. The molecule has 2 bridgehead atoms. The van der Waals surface area contributed by atoms with Gasteiger partial charge in [0.25, 0.3) is 0 Å². The fraction of sp³-hybridized carbons (Fsp3) is 0.485. The molecule has 1 saturated heterocycles. The van der Waals surface area contributed by atoms with Crippen molar-refractivity contribution in [2.24, 2.45) is 11.3 Å². The lowest BCUT2D eigenvalue weighted by atomic mass is 9.47. The minimum absolute atomic E-state index is 0.211. The molecule has 0 amide bonds. The number of esters is 3. The van der Waals surface area contributed by atoms with Crippen molar-refractivity contribution in [2.75, 3.05) is 0 Å². The number of carbonyl (C=O) groups excluding carboxylic acids is 3.